The first-order chi connectivity index (χ1) is 9.65. The lowest BCUT2D eigenvalue weighted by Crippen LogP contribution is -2.34. The van der Waals surface area contributed by atoms with Gasteiger partial charge in [0.15, 0.2) is 0 Å². The van der Waals surface area contributed by atoms with Gasteiger partial charge in [0.05, 0.1) is 5.92 Å². The first-order valence-electron chi connectivity index (χ1n) is 6.77. The standard InChI is InChI=1S/C15H21NO4/c1-2-3-9-20-11-14(17)16-10-13(15(18)19)12-7-5-4-6-8-12/h4-8,13H,2-3,9-11H2,1H3,(H,16,17)(H,18,19)/t13-/m0/s1. The maximum absolute atomic E-state index is 11.5. The van der Waals surface area contributed by atoms with Crippen LogP contribution < -0.4 is 5.32 Å². The molecular formula is C15H21NO4. The van der Waals surface area contributed by atoms with Crippen molar-refractivity contribution in [1.29, 1.82) is 0 Å². The number of unbranched alkanes of at least 4 members (excludes halogenated alkanes) is 1. The average molecular weight is 279 g/mol. The Morgan fingerprint density at radius 1 is 1.30 bits per heavy atom. The van der Waals surface area contributed by atoms with E-state index in [0.717, 1.165) is 12.8 Å². The normalized spacial score (nSPS) is 11.8. The summed E-state index contributed by atoms with van der Waals surface area (Å²) in [5, 5.41) is 11.8. The van der Waals surface area contributed by atoms with Crippen LogP contribution in [0.15, 0.2) is 30.3 Å². The van der Waals surface area contributed by atoms with Crippen LogP contribution in [-0.2, 0) is 14.3 Å². The molecule has 20 heavy (non-hydrogen) atoms. The predicted molar refractivity (Wildman–Crippen MR) is 75.6 cm³/mol. The van der Waals surface area contributed by atoms with Crippen LogP contribution in [0.25, 0.3) is 0 Å². The highest BCUT2D eigenvalue weighted by Gasteiger charge is 2.20. The maximum atomic E-state index is 11.5. The van der Waals surface area contributed by atoms with Crippen LogP contribution in [0.5, 0.6) is 0 Å². The molecule has 1 amide bonds. The van der Waals surface area contributed by atoms with Gasteiger partial charge in [-0.2, -0.15) is 0 Å². The largest absolute Gasteiger partial charge is 0.481 e. The summed E-state index contributed by atoms with van der Waals surface area (Å²) in [6.45, 7) is 2.63. The van der Waals surface area contributed by atoms with E-state index in [1.54, 1.807) is 24.3 Å². The number of hydrogen-bond donors (Lipinski definition) is 2. The summed E-state index contributed by atoms with van der Waals surface area (Å²) in [6, 6.07) is 8.86. The number of hydrogen-bond acceptors (Lipinski definition) is 3. The molecule has 0 saturated heterocycles. The van der Waals surface area contributed by atoms with Crippen molar-refractivity contribution < 1.29 is 19.4 Å². The van der Waals surface area contributed by atoms with Gasteiger partial charge in [0.2, 0.25) is 5.91 Å². The number of ether oxygens (including phenoxy) is 1. The van der Waals surface area contributed by atoms with Gasteiger partial charge in [-0.1, -0.05) is 43.7 Å². The number of rotatable bonds is 9. The zero-order valence-electron chi connectivity index (χ0n) is 11.7. The molecule has 5 nitrogen and oxygen atoms in total. The molecule has 0 bridgehead atoms. The molecule has 0 radical (unpaired) electrons. The molecule has 0 saturated carbocycles. The quantitative estimate of drug-likeness (QED) is 0.676. The Morgan fingerprint density at radius 2 is 2.00 bits per heavy atom. The minimum absolute atomic E-state index is 0.0267. The number of benzene rings is 1. The fourth-order valence-corrected chi connectivity index (χ4v) is 1.71. The van der Waals surface area contributed by atoms with Gasteiger partial charge in [0, 0.05) is 13.2 Å². The molecule has 0 spiro atoms. The lowest BCUT2D eigenvalue weighted by atomic mass is 9.99. The van der Waals surface area contributed by atoms with Crippen molar-refractivity contribution >= 4 is 11.9 Å². The monoisotopic (exact) mass is 279 g/mol. The third-order valence-electron chi connectivity index (χ3n) is 2.88. The second-order valence-corrected chi connectivity index (χ2v) is 4.51. The van der Waals surface area contributed by atoms with E-state index in [4.69, 9.17) is 4.74 Å². The van der Waals surface area contributed by atoms with E-state index in [-0.39, 0.29) is 19.1 Å². The van der Waals surface area contributed by atoms with Gasteiger partial charge < -0.3 is 15.2 Å². The second kappa shape index (κ2) is 9.09. The number of amides is 1. The summed E-state index contributed by atoms with van der Waals surface area (Å²) >= 11 is 0. The summed E-state index contributed by atoms with van der Waals surface area (Å²) in [4.78, 5) is 22.8. The van der Waals surface area contributed by atoms with E-state index in [1.165, 1.54) is 0 Å². The fraction of sp³-hybridized carbons (Fsp3) is 0.467. The van der Waals surface area contributed by atoms with Crippen LogP contribution in [-0.4, -0.2) is 36.7 Å². The van der Waals surface area contributed by atoms with E-state index in [0.29, 0.717) is 12.2 Å². The Morgan fingerprint density at radius 3 is 2.60 bits per heavy atom. The Balaban J connectivity index is 2.40. The highest BCUT2D eigenvalue weighted by molar-refractivity contribution is 5.80. The Labute approximate surface area is 118 Å². The van der Waals surface area contributed by atoms with E-state index < -0.39 is 11.9 Å². The molecule has 1 rings (SSSR count). The van der Waals surface area contributed by atoms with Crippen LogP contribution in [0.4, 0.5) is 0 Å². The number of carbonyl (C=O) groups excluding carboxylic acids is 1. The van der Waals surface area contributed by atoms with Gasteiger partial charge in [-0.25, -0.2) is 0 Å². The second-order valence-electron chi connectivity index (χ2n) is 4.51. The topological polar surface area (TPSA) is 75.6 Å². The van der Waals surface area contributed by atoms with Gasteiger partial charge >= 0.3 is 5.97 Å². The predicted octanol–water partition coefficient (Wildman–Crippen LogP) is 1.79. The van der Waals surface area contributed by atoms with Crippen LogP contribution >= 0.6 is 0 Å². The maximum Gasteiger partial charge on any atom is 0.312 e. The zero-order valence-corrected chi connectivity index (χ0v) is 11.7. The molecule has 5 heteroatoms. The van der Waals surface area contributed by atoms with Crippen LogP contribution in [0.1, 0.15) is 31.2 Å². The highest BCUT2D eigenvalue weighted by Crippen LogP contribution is 2.14. The third-order valence-corrected chi connectivity index (χ3v) is 2.88. The number of carboxylic acid groups (broad SMARTS) is 1. The minimum Gasteiger partial charge on any atom is -0.481 e. The van der Waals surface area contributed by atoms with Crippen LogP contribution in [0.2, 0.25) is 0 Å². The molecule has 0 unspecified atom stereocenters. The van der Waals surface area contributed by atoms with Crippen molar-refractivity contribution in [1.82, 2.24) is 5.32 Å². The lowest BCUT2D eigenvalue weighted by Gasteiger charge is -2.13. The Hall–Kier alpha value is -1.88. The fourth-order valence-electron chi connectivity index (χ4n) is 1.71. The molecule has 0 heterocycles. The molecule has 0 aliphatic rings. The van der Waals surface area contributed by atoms with Crippen LogP contribution in [0, 0.1) is 0 Å². The van der Waals surface area contributed by atoms with Gasteiger partial charge in [0.25, 0.3) is 0 Å². The summed E-state index contributed by atoms with van der Waals surface area (Å²) in [6.07, 6.45) is 1.92. The van der Waals surface area contributed by atoms with E-state index in [9.17, 15) is 14.7 Å². The molecule has 0 aliphatic carbocycles. The summed E-state index contributed by atoms with van der Waals surface area (Å²) in [5.41, 5.74) is 0.673. The summed E-state index contributed by atoms with van der Waals surface area (Å²) in [5.74, 6) is -1.98. The number of aliphatic carboxylic acids is 1. The Bertz CT molecular complexity index is 419. The van der Waals surface area contributed by atoms with Crippen molar-refractivity contribution in [3.05, 3.63) is 35.9 Å². The van der Waals surface area contributed by atoms with Gasteiger partial charge in [0.1, 0.15) is 6.61 Å². The Kier molecular flexibility index (Phi) is 7.35. The molecule has 1 aromatic carbocycles. The van der Waals surface area contributed by atoms with E-state index in [1.807, 2.05) is 13.0 Å². The molecule has 110 valence electrons. The summed E-state index contributed by atoms with van der Waals surface area (Å²) < 4.78 is 5.17. The molecule has 1 atom stereocenters. The zero-order chi connectivity index (χ0) is 14.8. The van der Waals surface area contributed by atoms with E-state index >= 15 is 0 Å². The molecule has 2 N–H and O–H groups in total. The van der Waals surface area contributed by atoms with Gasteiger partial charge in [-0.3, -0.25) is 9.59 Å². The number of carbonyl (C=O) groups is 2. The van der Waals surface area contributed by atoms with Crippen molar-refractivity contribution in [2.24, 2.45) is 0 Å². The van der Waals surface area contributed by atoms with Crippen LogP contribution in [0.3, 0.4) is 0 Å². The average Bonchev–Trinajstić information content (AvgIpc) is 2.44. The SMILES string of the molecule is CCCCOCC(=O)NC[C@H](C(=O)O)c1ccccc1. The number of carboxylic acids is 1. The lowest BCUT2D eigenvalue weighted by molar-refractivity contribution is -0.138. The molecule has 0 aromatic heterocycles. The molecule has 0 aliphatic heterocycles. The first-order valence-corrected chi connectivity index (χ1v) is 6.77. The molecule has 0 fully saturated rings. The van der Waals surface area contributed by atoms with Crippen molar-refractivity contribution in [3.8, 4) is 0 Å². The number of nitrogens with one attached hydrogen (secondary N) is 1. The molecular weight excluding hydrogens is 258 g/mol. The smallest absolute Gasteiger partial charge is 0.312 e. The molecule has 1 aromatic rings. The first kappa shape index (κ1) is 16.2. The van der Waals surface area contributed by atoms with Gasteiger partial charge in [-0.15, -0.1) is 0 Å². The van der Waals surface area contributed by atoms with E-state index in [2.05, 4.69) is 5.32 Å². The third kappa shape index (κ3) is 5.84. The highest BCUT2D eigenvalue weighted by atomic mass is 16.5. The summed E-state index contributed by atoms with van der Waals surface area (Å²) in [7, 11) is 0. The van der Waals surface area contributed by atoms with Crippen molar-refractivity contribution in [2.45, 2.75) is 25.7 Å². The van der Waals surface area contributed by atoms with Crippen molar-refractivity contribution in [2.75, 3.05) is 19.8 Å². The van der Waals surface area contributed by atoms with Crippen molar-refractivity contribution in [3.63, 3.8) is 0 Å². The minimum atomic E-state index is -0.955. The van der Waals surface area contributed by atoms with Gasteiger partial charge in [-0.05, 0) is 12.0 Å².